The second-order valence-corrected chi connectivity index (χ2v) is 5.65. The summed E-state index contributed by atoms with van der Waals surface area (Å²) >= 11 is 4.89. The van der Waals surface area contributed by atoms with Gasteiger partial charge in [0.05, 0.1) is 10.6 Å². The highest BCUT2D eigenvalue weighted by Crippen LogP contribution is 2.31. The molecule has 0 aliphatic rings. The Hall–Kier alpha value is -1.86. The minimum atomic E-state index is -0.00359. The van der Waals surface area contributed by atoms with Gasteiger partial charge in [-0.2, -0.15) is 4.98 Å². The van der Waals surface area contributed by atoms with E-state index in [9.17, 15) is 5.11 Å². The Morgan fingerprint density at radius 2 is 2.16 bits per heavy atom. The van der Waals surface area contributed by atoms with Crippen LogP contribution in [0.25, 0.3) is 22.2 Å². The fourth-order valence-corrected chi connectivity index (χ4v) is 2.90. The van der Waals surface area contributed by atoms with Crippen LogP contribution in [0.3, 0.4) is 0 Å². The summed E-state index contributed by atoms with van der Waals surface area (Å²) in [4.78, 5) is 5.20. The number of halogens is 1. The molecule has 2 heterocycles. The van der Waals surface area contributed by atoms with Gasteiger partial charge in [-0.25, -0.2) is 0 Å². The van der Waals surface area contributed by atoms with Crippen molar-refractivity contribution in [3.8, 4) is 27.9 Å². The van der Waals surface area contributed by atoms with Crippen molar-refractivity contribution in [3.05, 3.63) is 34.1 Å². The molecule has 19 heavy (non-hydrogen) atoms. The first-order chi connectivity index (χ1) is 9.13. The summed E-state index contributed by atoms with van der Waals surface area (Å²) in [5, 5.41) is 15.4. The van der Waals surface area contributed by atoms with Crippen LogP contribution in [0.15, 0.2) is 38.6 Å². The van der Waals surface area contributed by atoms with Crippen molar-refractivity contribution in [2.24, 2.45) is 0 Å². The molecule has 3 N–H and O–H groups in total. The van der Waals surface area contributed by atoms with Gasteiger partial charge in [0.2, 0.25) is 5.82 Å². The molecule has 3 aromatic rings. The third-order valence-electron chi connectivity index (χ3n) is 2.49. The zero-order valence-corrected chi connectivity index (χ0v) is 11.9. The number of aromatic hydroxyl groups is 1. The summed E-state index contributed by atoms with van der Waals surface area (Å²) in [7, 11) is 0. The molecule has 0 atom stereocenters. The molecule has 0 amide bonds. The summed E-state index contributed by atoms with van der Waals surface area (Å²) in [6.07, 6.45) is 0. The Morgan fingerprint density at radius 3 is 2.84 bits per heavy atom. The molecule has 0 fully saturated rings. The first kappa shape index (κ1) is 12.2. The van der Waals surface area contributed by atoms with Gasteiger partial charge in [-0.3, -0.25) is 0 Å². The van der Waals surface area contributed by atoms with Gasteiger partial charge in [0.15, 0.2) is 0 Å². The maximum absolute atomic E-state index is 9.57. The highest BCUT2D eigenvalue weighted by Gasteiger charge is 2.13. The molecule has 0 aliphatic heterocycles. The number of hydrogen-bond acceptors (Lipinski definition) is 6. The Morgan fingerprint density at radius 1 is 1.32 bits per heavy atom. The lowest BCUT2D eigenvalue weighted by Crippen LogP contribution is -1.86. The minimum Gasteiger partial charge on any atom is -0.506 e. The van der Waals surface area contributed by atoms with Gasteiger partial charge >= 0.3 is 0 Å². The van der Waals surface area contributed by atoms with Crippen molar-refractivity contribution in [2.45, 2.75) is 0 Å². The predicted octanol–water partition coefficient (Wildman–Crippen LogP) is 3.52. The van der Waals surface area contributed by atoms with E-state index in [1.807, 2.05) is 11.4 Å². The summed E-state index contributed by atoms with van der Waals surface area (Å²) < 4.78 is 6.16. The molecule has 7 heteroatoms. The van der Waals surface area contributed by atoms with Gasteiger partial charge in [0.25, 0.3) is 5.89 Å². The zero-order chi connectivity index (χ0) is 13.4. The van der Waals surface area contributed by atoms with Crippen molar-refractivity contribution < 1.29 is 9.63 Å². The summed E-state index contributed by atoms with van der Waals surface area (Å²) in [5.41, 5.74) is 6.48. The Labute approximate surface area is 120 Å². The number of benzene rings is 1. The molecule has 2 aromatic heterocycles. The molecule has 0 bridgehead atoms. The fourth-order valence-electron chi connectivity index (χ4n) is 1.55. The second-order valence-electron chi connectivity index (χ2n) is 3.83. The van der Waals surface area contributed by atoms with Crippen LogP contribution in [-0.4, -0.2) is 15.2 Å². The molecule has 0 saturated heterocycles. The van der Waals surface area contributed by atoms with Crippen molar-refractivity contribution in [1.82, 2.24) is 10.1 Å². The van der Waals surface area contributed by atoms with Crippen LogP contribution in [0.2, 0.25) is 0 Å². The average molecular weight is 338 g/mol. The van der Waals surface area contributed by atoms with Crippen LogP contribution in [0.5, 0.6) is 5.75 Å². The first-order valence-electron chi connectivity index (χ1n) is 5.30. The monoisotopic (exact) mass is 337 g/mol. The van der Waals surface area contributed by atoms with Crippen molar-refractivity contribution in [2.75, 3.05) is 5.73 Å². The summed E-state index contributed by atoms with van der Waals surface area (Å²) in [6, 6.07) is 6.73. The van der Waals surface area contributed by atoms with Crippen LogP contribution in [0.1, 0.15) is 0 Å². The van der Waals surface area contributed by atoms with Gasteiger partial charge in [0, 0.05) is 15.4 Å². The molecule has 0 radical (unpaired) electrons. The van der Waals surface area contributed by atoms with E-state index in [2.05, 4.69) is 26.1 Å². The Balaban J connectivity index is 1.98. The van der Waals surface area contributed by atoms with Crippen molar-refractivity contribution in [1.29, 1.82) is 0 Å². The Kier molecular flexibility index (Phi) is 3.00. The minimum absolute atomic E-state index is 0.00359. The number of anilines is 1. The van der Waals surface area contributed by atoms with Crippen LogP contribution < -0.4 is 5.73 Å². The third kappa shape index (κ3) is 2.34. The predicted molar refractivity (Wildman–Crippen MR) is 76.8 cm³/mol. The smallest absolute Gasteiger partial charge is 0.258 e. The van der Waals surface area contributed by atoms with Crippen LogP contribution in [0.4, 0.5) is 5.69 Å². The number of rotatable bonds is 2. The van der Waals surface area contributed by atoms with E-state index in [4.69, 9.17) is 10.3 Å². The normalized spacial score (nSPS) is 10.8. The number of phenolic OH excluding ortho intramolecular Hbond substituents is 1. The molecule has 3 rings (SSSR count). The molecule has 0 aliphatic carbocycles. The number of hydrogen-bond donors (Lipinski definition) is 2. The number of nitrogens with zero attached hydrogens (tertiary/aromatic N) is 2. The first-order valence-corrected chi connectivity index (χ1v) is 6.98. The lowest BCUT2D eigenvalue weighted by atomic mass is 10.2. The third-order valence-corrected chi connectivity index (χ3v) is 4.18. The molecule has 0 saturated carbocycles. The van der Waals surface area contributed by atoms with Crippen molar-refractivity contribution >= 4 is 33.0 Å². The van der Waals surface area contributed by atoms with Gasteiger partial charge < -0.3 is 15.4 Å². The standard InChI is InChI=1S/C12H8BrN3O2S/c13-7-4-10(19-5-7)11-15-12(18-16-11)6-1-2-8(14)9(17)3-6/h1-5,17H,14H2. The number of nitrogens with two attached hydrogens (primary N) is 1. The van der Waals surface area contributed by atoms with Crippen molar-refractivity contribution in [3.63, 3.8) is 0 Å². The topological polar surface area (TPSA) is 85.2 Å². The van der Waals surface area contributed by atoms with Gasteiger partial charge in [-0.15, -0.1) is 11.3 Å². The number of nitrogen functional groups attached to an aromatic ring is 1. The molecule has 1 aromatic carbocycles. The van der Waals surface area contributed by atoms with E-state index >= 15 is 0 Å². The number of phenols is 1. The summed E-state index contributed by atoms with van der Waals surface area (Å²) in [6.45, 7) is 0. The second kappa shape index (κ2) is 4.67. The van der Waals surface area contributed by atoms with Gasteiger partial charge in [0.1, 0.15) is 5.75 Å². The molecule has 5 nitrogen and oxygen atoms in total. The summed E-state index contributed by atoms with van der Waals surface area (Å²) in [5.74, 6) is 0.855. The van der Waals surface area contributed by atoms with Gasteiger partial charge in [-0.05, 0) is 40.2 Å². The average Bonchev–Trinajstić information content (AvgIpc) is 3.01. The fraction of sp³-hybridized carbons (Fsp3) is 0. The SMILES string of the molecule is Nc1ccc(-c2nc(-c3cc(Br)cs3)no2)cc1O. The quantitative estimate of drug-likeness (QED) is 0.552. The number of thiophene rings is 1. The van der Waals surface area contributed by atoms with Gasteiger partial charge in [-0.1, -0.05) is 5.16 Å². The zero-order valence-electron chi connectivity index (χ0n) is 9.50. The lowest BCUT2D eigenvalue weighted by Gasteiger charge is -1.99. The molecular formula is C12H8BrN3O2S. The molecule has 0 unspecified atom stereocenters. The maximum atomic E-state index is 9.57. The highest BCUT2D eigenvalue weighted by atomic mass is 79.9. The van der Waals surface area contributed by atoms with E-state index < -0.39 is 0 Å². The van der Waals surface area contributed by atoms with E-state index in [1.165, 1.54) is 17.4 Å². The van der Waals surface area contributed by atoms with Crippen LogP contribution >= 0.6 is 27.3 Å². The largest absolute Gasteiger partial charge is 0.506 e. The van der Waals surface area contributed by atoms with Crippen LogP contribution in [0, 0.1) is 0 Å². The Bertz CT molecular complexity index is 738. The van der Waals surface area contributed by atoms with E-state index in [0.717, 1.165) is 9.35 Å². The van der Waals surface area contributed by atoms with E-state index in [0.29, 0.717) is 23.0 Å². The van der Waals surface area contributed by atoms with E-state index in [1.54, 1.807) is 12.1 Å². The highest BCUT2D eigenvalue weighted by molar-refractivity contribution is 9.10. The maximum Gasteiger partial charge on any atom is 0.258 e. The number of aromatic nitrogens is 2. The van der Waals surface area contributed by atoms with Crippen LogP contribution in [-0.2, 0) is 0 Å². The lowest BCUT2D eigenvalue weighted by molar-refractivity contribution is 0.431. The molecule has 96 valence electrons. The van der Waals surface area contributed by atoms with E-state index in [-0.39, 0.29) is 5.75 Å². The molecule has 0 spiro atoms. The molecular weight excluding hydrogens is 330 g/mol.